The van der Waals surface area contributed by atoms with Crippen molar-refractivity contribution in [2.45, 2.75) is 6.54 Å². The number of nitrogens with zero attached hydrogens (tertiary/aromatic N) is 3. The van der Waals surface area contributed by atoms with Crippen LogP contribution in [0.1, 0.15) is 5.56 Å². The summed E-state index contributed by atoms with van der Waals surface area (Å²) in [4.78, 5) is 11.2. The molecule has 0 radical (unpaired) electrons. The van der Waals surface area contributed by atoms with Crippen LogP contribution in [0.4, 0.5) is 11.8 Å². The number of aromatic nitrogens is 2. The third kappa shape index (κ3) is 3.34. The van der Waals surface area contributed by atoms with Gasteiger partial charge in [0.05, 0.1) is 12.6 Å². The predicted octanol–water partition coefficient (Wildman–Crippen LogP) is 3.32. The Kier molecular flexibility index (Phi) is 4.28. The van der Waals surface area contributed by atoms with E-state index in [2.05, 4.69) is 15.3 Å². The van der Waals surface area contributed by atoms with Crippen LogP contribution in [0, 0.1) is 0 Å². The molecule has 3 rings (SSSR count). The van der Waals surface area contributed by atoms with Crippen molar-refractivity contribution in [1.82, 2.24) is 9.97 Å². The normalized spacial score (nSPS) is 10.6. The number of hydrogen-bond donors (Lipinski definition) is 1. The Morgan fingerprint density at radius 2 is 1.74 bits per heavy atom. The first-order valence-corrected chi connectivity index (χ1v) is 7.48. The molecule has 0 amide bonds. The van der Waals surface area contributed by atoms with Crippen molar-refractivity contribution in [3.63, 3.8) is 0 Å². The third-order valence-electron chi connectivity index (χ3n) is 3.62. The number of methoxy groups -OCH3 is 1. The number of nitrogens with one attached hydrogen (secondary N) is 1. The second-order valence-corrected chi connectivity index (χ2v) is 5.48. The molecule has 0 saturated heterocycles. The number of rotatable bonds is 5. The summed E-state index contributed by atoms with van der Waals surface area (Å²) >= 11 is 0. The summed E-state index contributed by atoms with van der Waals surface area (Å²) in [7, 11) is 5.64. The lowest BCUT2D eigenvalue weighted by atomic mass is 10.2. The lowest BCUT2D eigenvalue weighted by Crippen LogP contribution is -2.13. The zero-order valence-electron chi connectivity index (χ0n) is 13.6. The average Bonchev–Trinajstić information content (AvgIpc) is 2.59. The van der Waals surface area contributed by atoms with E-state index in [4.69, 9.17) is 4.74 Å². The summed E-state index contributed by atoms with van der Waals surface area (Å²) in [6.45, 7) is 0.662. The lowest BCUT2D eigenvalue weighted by molar-refractivity contribution is 0.414. The van der Waals surface area contributed by atoms with Gasteiger partial charge in [-0.25, -0.2) is 4.98 Å². The van der Waals surface area contributed by atoms with Crippen LogP contribution in [0.15, 0.2) is 48.5 Å². The SMILES string of the molecule is COc1ccc(CNc2nc(N(C)C)c3ccccc3n2)cc1. The van der Waals surface area contributed by atoms with Crippen molar-refractivity contribution in [2.75, 3.05) is 31.4 Å². The largest absolute Gasteiger partial charge is 0.497 e. The van der Waals surface area contributed by atoms with Crippen LogP contribution in [0.25, 0.3) is 10.9 Å². The van der Waals surface area contributed by atoms with E-state index < -0.39 is 0 Å². The summed E-state index contributed by atoms with van der Waals surface area (Å²) in [6, 6.07) is 16.0. The average molecular weight is 308 g/mol. The summed E-state index contributed by atoms with van der Waals surface area (Å²) in [5, 5.41) is 4.34. The van der Waals surface area contributed by atoms with Gasteiger partial charge in [-0.05, 0) is 29.8 Å². The van der Waals surface area contributed by atoms with E-state index in [0.29, 0.717) is 12.5 Å². The standard InChI is InChI=1S/C18H20N4O/c1-22(2)17-15-6-4-5-7-16(15)20-18(21-17)19-12-13-8-10-14(23-3)11-9-13/h4-11H,12H2,1-3H3,(H,19,20,21). The first-order chi connectivity index (χ1) is 11.2. The molecular weight excluding hydrogens is 288 g/mol. The van der Waals surface area contributed by atoms with Crippen LogP contribution >= 0.6 is 0 Å². The molecule has 118 valence electrons. The van der Waals surface area contributed by atoms with Crippen molar-refractivity contribution in [1.29, 1.82) is 0 Å². The van der Waals surface area contributed by atoms with Crippen LogP contribution in [0.3, 0.4) is 0 Å². The lowest BCUT2D eigenvalue weighted by Gasteiger charge is -2.16. The third-order valence-corrected chi connectivity index (χ3v) is 3.62. The number of anilines is 2. The zero-order valence-corrected chi connectivity index (χ0v) is 13.6. The number of fused-ring (bicyclic) bond motifs is 1. The molecule has 0 unspecified atom stereocenters. The van der Waals surface area contributed by atoms with Gasteiger partial charge in [0.15, 0.2) is 0 Å². The quantitative estimate of drug-likeness (QED) is 0.783. The predicted molar refractivity (Wildman–Crippen MR) is 94.2 cm³/mol. The van der Waals surface area contributed by atoms with E-state index in [1.807, 2.05) is 67.5 Å². The maximum Gasteiger partial charge on any atom is 0.225 e. The summed E-state index contributed by atoms with van der Waals surface area (Å²) in [5.74, 6) is 2.39. The molecule has 1 heterocycles. The molecule has 0 aliphatic rings. The first-order valence-electron chi connectivity index (χ1n) is 7.48. The Balaban J connectivity index is 1.84. The first kappa shape index (κ1) is 15.1. The molecule has 0 saturated carbocycles. The molecule has 0 spiro atoms. The van der Waals surface area contributed by atoms with Gasteiger partial charge in [0, 0.05) is 26.0 Å². The van der Waals surface area contributed by atoms with Crippen molar-refractivity contribution in [3.05, 3.63) is 54.1 Å². The monoisotopic (exact) mass is 308 g/mol. The van der Waals surface area contributed by atoms with E-state index in [9.17, 15) is 0 Å². The Morgan fingerprint density at radius 3 is 2.43 bits per heavy atom. The molecule has 3 aromatic rings. The maximum atomic E-state index is 5.17. The fourth-order valence-corrected chi connectivity index (χ4v) is 2.40. The number of ether oxygens (including phenoxy) is 1. The molecule has 5 heteroatoms. The number of para-hydroxylation sites is 1. The van der Waals surface area contributed by atoms with Gasteiger partial charge in [0.25, 0.3) is 0 Å². The van der Waals surface area contributed by atoms with Crippen molar-refractivity contribution >= 4 is 22.7 Å². The molecule has 23 heavy (non-hydrogen) atoms. The van der Waals surface area contributed by atoms with Gasteiger partial charge in [-0.15, -0.1) is 0 Å². The Bertz CT molecular complexity index is 800. The second-order valence-electron chi connectivity index (χ2n) is 5.48. The molecule has 0 aliphatic heterocycles. The second kappa shape index (κ2) is 6.52. The highest BCUT2D eigenvalue weighted by Gasteiger charge is 2.08. The van der Waals surface area contributed by atoms with Crippen molar-refractivity contribution < 1.29 is 4.74 Å². The fraction of sp³-hybridized carbons (Fsp3) is 0.222. The molecule has 0 fully saturated rings. The maximum absolute atomic E-state index is 5.17. The van der Waals surface area contributed by atoms with Crippen LogP contribution in [0.2, 0.25) is 0 Å². The molecule has 1 aromatic heterocycles. The van der Waals surface area contributed by atoms with Crippen molar-refractivity contribution in [3.8, 4) is 5.75 Å². The van der Waals surface area contributed by atoms with Gasteiger partial charge in [-0.3, -0.25) is 0 Å². The van der Waals surface area contributed by atoms with Crippen LogP contribution < -0.4 is 15.0 Å². The summed E-state index contributed by atoms with van der Waals surface area (Å²) in [6.07, 6.45) is 0. The zero-order chi connectivity index (χ0) is 16.2. The smallest absolute Gasteiger partial charge is 0.225 e. The van der Waals surface area contributed by atoms with Crippen molar-refractivity contribution in [2.24, 2.45) is 0 Å². The highest BCUT2D eigenvalue weighted by molar-refractivity contribution is 5.90. The highest BCUT2D eigenvalue weighted by Crippen LogP contribution is 2.23. The van der Waals surface area contributed by atoms with E-state index in [-0.39, 0.29) is 0 Å². The molecule has 2 aromatic carbocycles. The van der Waals surface area contributed by atoms with Gasteiger partial charge < -0.3 is 15.0 Å². The topological polar surface area (TPSA) is 50.3 Å². The van der Waals surface area contributed by atoms with Gasteiger partial charge >= 0.3 is 0 Å². The Hall–Kier alpha value is -2.82. The minimum atomic E-state index is 0.628. The van der Waals surface area contributed by atoms with Gasteiger partial charge in [-0.2, -0.15) is 4.98 Å². The van der Waals surface area contributed by atoms with Crippen LogP contribution in [0.5, 0.6) is 5.75 Å². The number of hydrogen-bond acceptors (Lipinski definition) is 5. The van der Waals surface area contributed by atoms with Gasteiger partial charge in [0.2, 0.25) is 5.95 Å². The molecule has 0 bridgehead atoms. The fourth-order valence-electron chi connectivity index (χ4n) is 2.40. The molecule has 5 nitrogen and oxygen atoms in total. The minimum absolute atomic E-state index is 0.628. The summed E-state index contributed by atoms with van der Waals surface area (Å²) < 4.78 is 5.17. The van der Waals surface area contributed by atoms with Crippen LogP contribution in [-0.4, -0.2) is 31.2 Å². The highest BCUT2D eigenvalue weighted by atomic mass is 16.5. The van der Waals surface area contributed by atoms with E-state index in [0.717, 1.165) is 28.0 Å². The van der Waals surface area contributed by atoms with Crippen LogP contribution in [-0.2, 0) is 6.54 Å². The molecule has 0 aliphatic carbocycles. The molecular formula is C18H20N4O. The van der Waals surface area contributed by atoms with E-state index in [1.54, 1.807) is 7.11 Å². The number of benzene rings is 2. The molecule has 1 N–H and O–H groups in total. The van der Waals surface area contributed by atoms with E-state index in [1.165, 1.54) is 0 Å². The molecule has 0 atom stereocenters. The summed E-state index contributed by atoms with van der Waals surface area (Å²) in [5.41, 5.74) is 2.08. The van der Waals surface area contributed by atoms with E-state index >= 15 is 0 Å². The van der Waals surface area contributed by atoms with Gasteiger partial charge in [0.1, 0.15) is 11.6 Å². The minimum Gasteiger partial charge on any atom is -0.497 e. The Labute approximate surface area is 135 Å². The Morgan fingerprint density at radius 1 is 1.00 bits per heavy atom. The van der Waals surface area contributed by atoms with Gasteiger partial charge in [-0.1, -0.05) is 24.3 Å².